The maximum Gasteiger partial charge on any atom is 0.140 e. The van der Waals surface area contributed by atoms with Crippen LogP contribution in [0.25, 0.3) is 5.65 Å². The lowest BCUT2D eigenvalue weighted by atomic mass is 10.1. The molecule has 0 aliphatic carbocycles. The second kappa shape index (κ2) is 3.12. The molecule has 0 aliphatic heterocycles. The highest BCUT2D eigenvalue weighted by Crippen LogP contribution is 2.20. The largest absolute Gasteiger partial charge is 0.301 e. The van der Waals surface area contributed by atoms with Crippen LogP contribution in [0, 0.1) is 13.8 Å². The summed E-state index contributed by atoms with van der Waals surface area (Å²) in [6.07, 6.45) is 1.99. The fourth-order valence-electron chi connectivity index (χ4n) is 1.82. The van der Waals surface area contributed by atoms with Gasteiger partial charge in [-0.1, -0.05) is 19.9 Å². The van der Waals surface area contributed by atoms with Crippen molar-refractivity contribution in [1.29, 1.82) is 0 Å². The maximum absolute atomic E-state index is 4.46. The predicted molar refractivity (Wildman–Crippen MR) is 58.8 cm³/mol. The lowest BCUT2D eigenvalue weighted by Crippen LogP contribution is -1.99. The van der Waals surface area contributed by atoms with Gasteiger partial charge >= 0.3 is 0 Å². The van der Waals surface area contributed by atoms with Crippen LogP contribution in [0.5, 0.6) is 0 Å². The zero-order valence-corrected chi connectivity index (χ0v) is 9.20. The van der Waals surface area contributed by atoms with E-state index in [2.05, 4.69) is 49.2 Å². The number of rotatable bonds is 1. The van der Waals surface area contributed by atoms with E-state index in [1.165, 1.54) is 17.0 Å². The van der Waals surface area contributed by atoms with Gasteiger partial charge in [-0.05, 0) is 31.4 Å². The second-order valence-electron chi connectivity index (χ2n) is 4.15. The lowest BCUT2D eigenvalue weighted by molar-refractivity contribution is 0.798. The first kappa shape index (κ1) is 9.25. The van der Waals surface area contributed by atoms with Crippen LogP contribution in [0.2, 0.25) is 0 Å². The average Bonchev–Trinajstić information content (AvgIpc) is 2.56. The van der Waals surface area contributed by atoms with Crippen molar-refractivity contribution in [3.05, 3.63) is 35.3 Å². The van der Waals surface area contributed by atoms with Crippen molar-refractivity contribution in [3.8, 4) is 0 Å². The molecule has 0 radical (unpaired) electrons. The number of fused-ring (bicyclic) bond motifs is 1. The van der Waals surface area contributed by atoms with Crippen LogP contribution >= 0.6 is 0 Å². The molecule has 2 aromatic rings. The van der Waals surface area contributed by atoms with Crippen molar-refractivity contribution < 1.29 is 0 Å². The standard InChI is InChI=1S/C12H16N2/c1-8(2)11-7-13-12-9(3)5-6-10(4)14(11)12/h5-8H,1-4H3. The molecule has 2 nitrogen and oxygen atoms in total. The van der Waals surface area contributed by atoms with Crippen LogP contribution in [0.15, 0.2) is 18.3 Å². The first-order valence-electron chi connectivity index (χ1n) is 5.05. The zero-order valence-electron chi connectivity index (χ0n) is 9.20. The molecule has 2 rings (SSSR count). The Hall–Kier alpha value is -1.31. The molecule has 2 heterocycles. The van der Waals surface area contributed by atoms with Gasteiger partial charge in [-0.2, -0.15) is 0 Å². The van der Waals surface area contributed by atoms with Crippen LogP contribution in [-0.2, 0) is 0 Å². The Morgan fingerprint density at radius 3 is 2.57 bits per heavy atom. The summed E-state index contributed by atoms with van der Waals surface area (Å²) in [6, 6.07) is 4.28. The Kier molecular flexibility index (Phi) is 2.06. The zero-order chi connectivity index (χ0) is 10.3. The maximum atomic E-state index is 4.46. The molecule has 0 aromatic carbocycles. The Morgan fingerprint density at radius 2 is 1.93 bits per heavy atom. The van der Waals surface area contributed by atoms with Gasteiger partial charge in [0.2, 0.25) is 0 Å². The molecular formula is C12H16N2. The smallest absolute Gasteiger partial charge is 0.140 e. The SMILES string of the molecule is Cc1ccc(C)n2c(C(C)C)cnc12. The third kappa shape index (κ3) is 1.22. The third-order valence-electron chi connectivity index (χ3n) is 2.66. The van der Waals surface area contributed by atoms with Gasteiger partial charge in [0.15, 0.2) is 0 Å². The molecule has 0 fully saturated rings. The van der Waals surface area contributed by atoms with E-state index in [-0.39, 0.29) is 0 Å². The minimum absolute atomic E-state index is 0.519. The number of imidazole rings is 1. The fourth-order valence-corrected chi connectivity index (χ4v) is 1.82. The van der Waals surface area contributed by atoms with E-state index in [9.17, 15) is 0 Å². The highest BCUT2D eigenvalue weighted by molar-refractivity contribution is 5.50. The molecule has 0 amide bonds. The minimum atomic E-state index is 0.519. The summed E-state index contributed by atoms with van der Waals surface area (Å²) in [5, 5.41) is 0. The van der Waals surface area contributed by atoms with Crippen molar-refractivity contribution in [1.82, 2.24) is 9.38 Å². The Bertz CT molecular complexity index is 466. The van der Waals surface area contributed by atoms with Crippen LogP contribution in [0.3, 0.4) is 0 Å². The monoisotopic (exact) mass is 188 g/mol. The van der Waals surface area contributed by atoms with E-state index in [0.29, 0.717) is 5.92 Å². The summed E-state index contributed by atoms with van der Waals surface area (Å²) in [4.78, 5) is 4.46. The Balaban J connectivity index is 2.84. The molecule has 0 atom stereocenters. The highest BCUT2D eigenvalue weighted by atomic mass is 15.0. The molecule has 2 heteroatoms. The molecule has 0 saturated heterocycles. The van der Waals surface area contributed by atoms with Gasteiger partial charge < -0.3 is 4.40 Å². The van der Waals surface area contributed by atoms with Crippen molar-refractivity contribution in [3.63, 3.8) is 0 Å². The highest BCUT2D eigenvalue weighted by Gasteiger charge is 2.09. The number of aromatic nitrogens is 2. The minimum Gasteiger partial charge on any atom is -0.301 e. The van der Waals surface area contributed by atoms with E-state index in [0.717, 1.165) is 5.65 Å². The second-order valence-corrected chi connectivity index (χ2v) is 4.15. The molecule has 74 valence electrons. The van der Waals surface area contributed by atoms with Crippen LogP contribution < -0.4 is 0 Å². The van der Waals surface area contributed by atoms with Gasteiger partial charge in [0.25, 0.3) is 0 Å². The average molecular weight is 188 g/mol. The fraction of sp³-hybridized carbons (Fsp3) is 0.417. The molecule has 0 unspecified atom stereocenters. The molecule has 0 aliphatic rings. The van der Waals surface area contributed by atoms with E-state index < -0.39 is 0 Å². The molecule has 14 heavy (non-hydrogen) atoms. The quantitative estimate of drug-likeness (QED) is 0.672. The van der Waals surface area contributed by atoms with Crippen LogP contribution in [0.1, 0.15) is 36.7 Å². The molecule has 0 bridgehead atoms. The molecule has 0 saturated carbocycles. The summed E-state index contributed by atoms with van der Waals surface area (Å²) in [5.74, 6) is 0.519. The molecule has 0 N–H and O–H groups in total. The predicted octanol–water partition coefficient (Wildman–Crippen LogP) is 3.07. The topological polar surface area (TPSA) is 17.3 Å². The van der Waals surface area contributed by atoms with Crippen molar-refractivity contribution in [2.45, 2.75) is 33.6 Å². The van der Waals surface area contributed by atoms with Gasteiger partial charge in [-0.25, -0.2) is 4.98 Å². The summed E-state index contributed by atoms with van der Waals surface area (Å²) in [6.45, 7) is 8.63. The number of hydrogen-bond donors (Lipinski definition) is 0. The van der Waals surface area contributed by atoms with Gasteiger partial charge in [0.05, 0.1) is 0 Å². The summed E-state index contributed by atoms with van der Waals surface area (Å²) in [7, 11) is 0. The third-order valence-corrected chi connectivity index (χ3v) is 2.66. The number of nitrogens with zero attached hydrogens (tertiary/aromatic N) is 2. The molecule has 2 aromatic heterocycles. The van der Waals surface area contributed by atoms with Crippen molar-refractivity contribution in [2.24, 2.45) is 0 Å². The summed E-state index contributed by atoms with van der Waals surface area (Å²) in [5.41, 5.74) is 4.88. The number of aryl methyl sites for hydroxylation is 2. The van der Waals surface area contributed by atoms with Gasteiger partial charge in [0.1, 0.15) is 5.65 Å². The number of pyridine rings is 1. The Labute approximate surface area is 84.6 Å². The van der Waals surface area contributed by atoms with Gasteiger partial charge in [-0.3, -0.25) is 0 Å². The van der Waals surface area contributed by atoms with Gasteiger partial charge in [-0.15, -0.1) is 0 Å². The number of hydrogen-bond acceptors (Lipinski definition) is 1. The summed E-state index contributed by atoms with van der Waals surface area (Å²) >= 11 is 0. The van der Waals surface area contributed by atoms with E-state index in [1.807, 2.05) is 6.20 Å². The van der Waals surface area contributed by atoms with Crippen molar-refractivity contribution in [2.75, 3.05) is 0 Å². The van der Waals surface area contributed by atoms with Crippen molar-refractivity contribution >= 4 is 5.65 Å². The molecule has 0 spiro atoms. The van der Waals surface area contributed by atoms with Crippen LogP contribution in [-0.4, -0.2) is 9.38 Å². The lowest BCUT2D eigenvalue weighted by Gasteiger charge is -2.08. The first-order valence-corrected chi connectivity index (χ1v) is 5.05. The van der Waals surface area contributed by atoms with E-state index in [4.69, 9.17) is 0 Å². The summed E-state index contributed by atoms with van der Waals surface area (Å²) < 4.78 is 2.25. The van der Waals surface area contributed by atoms with E-state index in [1.54, 1.807) is 0 Å². The first-order chi connectivity index (χ1) is 6.61. The van der Waals surface area contributed by atoms with E-state index >= 15 is 0 Å². The normalized spacial score (nSPS) is 11.5. The van der Waals surface area contributed by atoms with Crippen LogP contribution in [0.4, 0.5) is 0 Å². The van der Waals surface area contributed by atoms with Gasteiger partial charge in [0, 0.05) is 17.6 Å². The Morgan fingerprint density at radius 1 is 1.21 bits per heavy atom. The molecular weight excluding hydrogens is 172 g/mol.